The minimum Gasteiger partial charge on any atom is -0.477 e. The van der Waals surface area contributed by atoms with E-state index in [4.69, 9.17) is 9.47 Å². The van der Waals surface area contributed by atoms with Crippen molar-refractivity contribution < 1.29 is 14.3 Å². The van der Waals surface area contributed by atoms with Gasteiger partial charge in [-0.25, -0.2) is 4.98 Å². The number of ether oxygens (including phenoxy) is 2. The van der Waals surface area contributed by atoms with E-state index in [1.54, 1.807) is 6.20 Å². The minimum atomic E-state index is -0.124. The second-order valence-corrected chi connectivity index (χ2v) is 6.91. The standard InChI is InChI=1S/C22H22N2O3/c1-15-2-4-17(5-3-15)21(25)24-19-6-7-20-18(12-19)8-10-23-22(20)27-14-16-9-11-26-13-16/h2-8,10,12,16H,9,11,13-14H2,1H3,(H,24,25). The summed E-state index contributed by atoms with van der Waals surface area (Å²) in [7, 11) is 0. The Morgan fingerprint density at radius 2 is 2.07 bits per heavy atom. The lowest BCUT2D eigenvalue weighted by atomic mass is 10.1. The molecule has 1 saturated heterocycles. The summed E-state index contributed by atoms with van der Waals surface area (Å²) >= 11 is 0. The Bertz CT molecular complexity index is 947. The molecule has 1 N–H and O–H groups in total. The van der Waals surface area contributed by atoms with Gasteiger partial charge < -0.3 is 14.8 Å². The molecule has 2 aromatic carbocycles. The molecule has 1 fully saturated rings. The van der Waals surface area contributed by atoms with Crippen LogP contribution >= 0.6 is 0 Å². The van der Waals surface area contributed by atoms with Crippen LogP contribution < -0.4 is 10.1 Å². The van der Waals surface area contributed by atoms with Crippen LogP contribution in [0.15, 0.2) is 54.7 Å². The van der Waals surface area contributed by atoms with Crippen LogP contribution in [0.25, 0.3) is 10.8 Å². The average molecular weight is 362 g/mol. The van der Waals surface area contributed by atoms with Crippen LogP contribution in [0.1, 0.15) is 22.3 Å². The van der Waals surface area contributed by atoms with Gasteiger partial charge in [-0.3, -0.25) is 4.79 Å². The Kier molecular flexibility index (Phi) is 5.03. The van der Waals surface area contributed by atoms with Crippen molar-refractivity contribution in [3.8, 4) is 5.88 Å². The van der Waals surface area contributed by atoms with Crippen LogP contribution in [0.3, 0.4) is 0 Å². The molecule has 1 aliphatic heterocycles. The fraction of sp³-hybridized carbons (Fsp3) is 0.273. The fourth-order valence-electron chi connectivity index (χ4n) is 3.16. The van der Waals surface area contributed by atoms with E-state index in [-0.39, 0.29) is 5.91 Å². The first-order valence-electron chi connectivity index (χ1n) is 9.16. The number of rotatable bonds is 5. The van der Waals surface area contributed by atoms with Crippen molar-refractivity contribution in [1.29, 1.82) is 0 Å². The molecule has 5 heteroatoms. The third-order valence-electron chi connectivity index (χ3n) is 4.78. The van der Waals surface area contributed by atoms with Crippen LogP contribution in [0.5, 0.6) is 5.88 Å². The number of carbonyl (C=O) groups excluding carboxylic acids is 1. The van der Waals surface area contributed by atoms with E-state index in [1.807, 2.05) is 55.5 Å². The number of pyridine rings is 1. The van der Waals surface area contributed by atoms with E-state index < -0.39 is 0 Å². The van der Waals surface area contributed by atoms with E-state index in [1.165, 1.54) is 0 Å². The molecule has 5 nitrogen and oxygen atoms in total. The molecule has 1 aromatic heterocycles. The Hall–Kier alpha value is -2.92. The monoisotopic (exact) mass is 362 g/mol. The van der Waals surface area contributed by atoms with Crippen LogP contribution in [0.2, 0.25) is 0 Å². The first-order valence-corrected chi connectivity index (χ1v) is 9.16. The molecular weight excluding hydrogens is 340 g/mol. The van der Waals surface area contributed by atoms with Crippen molar-refractivity contribution in [2.75, 3.05) is 25.1 Å². The Balaban J connectivity index is 1.50. The summed E-state index contributed by atoms with van der Waals surface area (Å²) in [4.78, 5) is 16.8. The van der Waals surface area contributed by atoms with Crippen molar-refractivity contribution in [3.63, 3.8) is 0 Å². The maximum Gasteiger partial charge on any atom is 0.255 e. The topological polar surface area (TPSA) is 60.5 Å². The summed E-state index contributed by atoms with van der Waals surface area (Å²) in [5, 5.41) is 4.86. The van der Waals surface area contributed by atoms with Gasteiger partial charge >= 0.3 is 0 Å². The number of hydrogen-bond donors (Lipinski definition) is 1. The van der Waals surface area contributed by atoms with Gasteiger partial charge in [0.2, 0.25) is 5.88 Å². The van der Waals surface area contributed by atoms with Crippen LogP contribution in [0.4, 0.5) is 5.69 Å². The Labute approximate surface area is 158 Å². The molecule has 1 unspecified atom stereocenters. The molecule has 3 aromatic rings. The number of carbonyl (C=O) groups is 1. The smallest absolute Gasteiger partial charge is 0.255 e. The molecule has 2 heterocycles. The Morgan fingerprint density at radius 1 is 1.22 bits per heavy atom. The number of benzene rings is 2. The van der Waals surface area contributed by atoms with Gasteiger partial charge in [-0.2, -0.15) is 0 Å². The largest absolute Gasteiger partial charge is 0.477 e. The lowest BCUT2D eigenvalue weighted by Crippen LogP contribution is -2.13. The fourth-order valence-corrected chi connectivity index (χ4v) is 3.16. The van der Waals surface area contributed by atoms with Gasteiger partial charge in [0.05, 0.1) is 13.2 Å². The van der Waals surface area contributed by atoms with Gasteiger partial charge in [0, 0.05) is 35.4 Å². The maximum atomic E-state index is 12.4. The van der Waals surface area contributed by atoms with Gasteiger partial charge in [0.1, 0.15) is 0 Å². The van der Waals surface area contributed by atoms with Crippen LogP contribution in [-0.4, -0.2) is 30.7 Å². The lowest BCUT2D eigenvalue weighted by molar-refractivity contribution is 0.102. The van der Waals surface area contributed by atoms with Crippen molar-refractivity contribution >= 4 is 22.4 Å². The molecule has 1 aliphatic rings. The van der Waals surface area contributed by atoms with Crippen molar-refractivity contribution in [2.24, 2.45) is 5.92 Å². The summed E-state index contributed by atoms with van der Waals surface area (Å²) in [5.74, 6) is 0.923. The SMILES string of the molecule is Cc1ccc(C(=O)Nc2ccc3c(OCC4CCOC4)nccc3c2)cc1. The molecule has 4 rings (SSSR count). The van der Waals surface area contributed by atoms with E-state index in [2.05, 4.69) is 10.3 Å². The molecule has 0 bridgehead atoms. The summed E-state index contributed by atoms with van der Waals surface area (Å²) in [6, 6.07) is 15.2. The third-order valence-corrected chi connectivity index (χ3v) is 4.78. The van der Waals surface area contributed by atoms with E-state index >= 15 is 0 Å². The number of hydrogen-bond acceptors (Lipinski definition) is 4. The molecule has 0 saturated carbocycles. The summed E-state index contributed by atoms with van der Waals surface area (Å²) in [6.45, 7) is 4.16. The molecular formula is C22H22N2O3. The highest BCUT2D eigenvalue weighted by molar-refractivity contribution is 6.05. The molecule has 1 amide bonds. The van der Waals surface area contributed by atoms with Crippen LogP contribution in [-0.2, 0) is 4.74 Å². The van der Waals surface area contributed by atoms with E-state index in [0.717, 1.165) is 41.7 Å². The van der Waals surface area contributed by atoms with Gasteiger partial charge in [-0.05, 0) is 55.1 Å². The number of nitrogens with zero attached hydrogens (tertiary/aromatic N) is 1. The molecule has 1 atom stereocenters. The first-order chi connectivity index (χ1) is 13.2. The number of aromatic nitrogens is 1. The third kappa shape index (κ3) is 4.09. The summed E-state index contributed by atoms with van der Waals surface area (Å²) in [6.07, 6.45) is 2.76. The first kappa shape index (κ1) is 17.5. The maximum absolute atomic E-state index is 12.4. The summed E-state index contributed by atoms with van der Waals surface area (Å²) in [5.41, 5.74) is 2.51. The highest BCUT2D eigenvalue weighted by atomic mass is 16.5. The lowest BCUT2D eigenvalue weighted by Gasteiger charge is -2.12. The van der Waals surface area contributed by atoms with Gasteiger partial charge in [0.15, 0.2) is 0 Å². The highest BCUT2D eigenvalue weighted by Gasteiger charge is 2.17. The number of fused-ring (bicyclic) bond motifs is 1. The number of anilines is 1. The zero-order valence-electron chi connectivity index (χ0n) is 15.3. The molecule has 0 aliphatic carbocycles. The molecule has 27 heavy (non-hydrogen) atoms. The molecule has 0 spiro atoms. The second kappa shape index (κ2) is 7.76. The average Bonchev–Trinajstić information content (AvgIpc) is 3.20. The Morgan fingerprint density at radius 3 is 2.85 bits per heavy atom. The zero-order chi connectivity index (χ0) is 18.6. The second-order valence-electron chi connectivity index (χ2n) is 6.91. The minimum absolute atomic E-state index is 0.124. The van der Waals surface area contributed by atoms with Crippen molar-refractivity contribution in [2.45, 2.75) is 13.3 Å². The van der Waals surface area contributed by atoms with Gasteiger partial charge in [-0.1, -0.05) is 17.7 Å². The van der Waals surface area contributed by atoms with Gasteiger partial charge in [-0.15, -0.1) is 0 Å². The number of aryl methyl sites for hydroxylation is 1. The molecule has 138 valence electrons. The molecule has 0 radical (unpaired) electrons. The van der Waals surface area contributed by atoms with Crippen molar-refractivity contribution in [1.82, 2.24) is 4.98 Å². The zero-order valence-corrected chi connectivity index (χ0v) is 15.3. The van der Waals surface area contributed by atoms with Gasteiger partial charge in [0.25, 0.3) is 5.91 Å². The van der Waals surface area contributed by atoms with Crippen molar-refractivity contribution in [3.05, 3.63) is 65.9 Å². The van der Waals surface area contributed by atoms with Crippen LogP contribution in [0, 0.1) is 12.8 Å². The predicted octanol–water partition coefficient (Wildman–Crippen LogP) is 4.21. The van der Waals surface area contributed by atoms with E-state index in [9.17, 15) is 4.79 Å². The predicted molar refractivity (Wildman–Crippen MR) is 105 cm³/mol. The quantitative estimate of drug-likeness (QED) is 0.739. The normalized spacial score (nSPS) is 16.4. The number of amides is 1. The highest BCUT2D eigenvalue weighted by Crippen LogP contribution is 2.27. The number of nitrogens with one attached hydrogen (secondary N) is 1. The summed E-state index contributed by atoms with van der Waals surface area (Å²) < 4.78 is 11.3. The van der Waals surface area contributed by atoms with E-state index in [0.29, 0.717) is 24.0 Å².